The number of benzene rings is 2. The monoisotopic (exact) mass is 277 g/mol. The van der Waals surface area contributed by atoms with Crippen LogP contribution in [0.4, 0.5) is 11.4 Å². The summed E-state index contributed by atoms with van der Waals surface area (Å²) in [7, 11) is 4.09. The molecule has 2 aromatic carbocycles. The van der Waals surface area contributed by atoms with Gasteiger partial charge in [0.05, 0.1) is 5.52 Å². The van der Waals surface area contributed by atoms with E-state index in [-0.39, 0.29) is 0 Å². The van der Waals surface area contributed by atoms with Crippen LogP contribution in [-0.2, 0) is 6.54 Å². The minimum Gasteiger partial charge on any atom is -0.381 e. The van der Waals surface area contributed by atoms with E-state index in [0.29, 0.717) is 0 Å². The Morgan fingerprint density at radius 2 is 1.71 bits per heavy atom. The van der Waals surface area contributed by atoms with Crippen molar-refractivity contribution in [1.29, 1.82) is 0 Å². The number of nitrogens with one attached hydrogen (secondary N) is 1. The van der Waals surface area contributed by atoms with Crippen molar-refractivity contribution in [2.24, 2.45) is 0 Å². The molecule has 3 rings (SSSR count). The molecule has 1 aromatic heterocycles. The Morgan fingerprint density at radius 3 is 2.48 bits per heavy atom. The molecule has 0 unspecified atom stereocenters. The molecule has 21 heavy (non-hydrogen) atoms. The summed E-state index contributed by atoms with van der Waals surface area (Å²) >= 11 is 0. The highest BCUT2D eigenvalue weighted by Gasteiger charge is 2.01. The molecule has 0 fully saturated rings. The number of nitrogens with zero attached hydrogens (tertiary/aromatic N) is 2. The van der Waals surface area contributed by atoms with Crippen molar-refractivity contribution in [3.8, 4) is 0 Å². The third-order valence-corrected chi connectivity index (χ3v) is 3.61. The minimum absolute atomic E-state index is 0.796. The van der Waals surface area contributed by atoms with E-state index in [1.165, 1.54) is 16.6 Å². The maximum absolute atomic E-state index is 4.39. The Labute approximate surface area is 125 Å². The molecule has 0 saturated heterocycles. The highest BCUT2D eigenvalue weighted by atomic mass is 15.1. The zero-order chi connectivity index (χ0) is 14.7. The summed E-state index contributed by atoms with van der Waals surface area (Å²) in [6.07, 6.45) is 1.87. The second-order valence-corrected chi connectivity index (χ2v) is 5.28. The van der Waals surface area contributed by atoms with Crippen LogP contribution in [0.25, 0.3) is 10.9 Å². The number of rotatable bonds is 4. The van der Waals surface area contributed by atoms with Gasteiger partial charge in [-0.25, -0.2) is 0 Å². The average Bonchev–Trinajstić information content (AvgIpc) is 2.53. The molecule has 0 amide bonds. The fourth-order valence-electron chi connectivity index (χ4n) is 2.38. The lowest BCUT2D eigenvalue weighted by Gasteiger charge is -2.14. The van der Waals surface area contributed by atoms with Crippen LogP contribution in [0.2, 0.25) is 0 Å². The van der Waals surface area contributed by atoms with E-state index in [1.54, 1.807) is 0 Å². The van der Waals surface area contributed by atoms with Crippen molar-refractivity contribution < 1.29 is 0 Å². The van der Waals surface area contributed by atoms with E-state index in [2.05, 4.69) is 57.7 Å². The fraction of sp³-hybridized carbons (Fsp3) is 0.167. The molecule has 1 N–H and O–H groups in total. The topological polar surface area (TPSA) is 28.2 Å². The summed E-state index contributed by atoms with van der Waals surface area (Å²) in [5.74, 6) is 0. The molecule has 0 bridgehead atoms. The van der Waals surface area contributed by atoms with Crippen molar-refractivity contribution in [3.63, 3.8) is 0 Å². The van der Waals surface area contributed by atoms with Crippen molar-refractivity contribution in [3.05, 3.63) is 66.4 Å². The largest absolute Gasteiger partial charge is 0.381 e. The Bertz CT molecular complexity index is 728. The Hall–Kier alpha value is -2.55. The minimum atomic E-state index is 0.796. The third kappa shape index (κ3) is 2.97. The molecule has 0 aliphatic heterocycles. The fourth-order valence-corrected chi connectivity index (χ4v) is 2.38. The van der Waals surface area contributed by atoms with Gasteiger partial charge in [0.2, 0.25) is 0 Å². The molecule has 1 heterocycles. The number of pyridine rings is 1. The van der Waals surface area contributed by atoms with Gasteiger partial charge in [-0.05, 0) is 42.0 Å². The first-order valence-electron chi connectivity index (χ1n) is 7.08. The number of fused-ring (bicyclic) bond motifs is 1. The summed E-state index contributed by atoms with van der Waals surface area (Å²) in [5, 5.41) is 4.68. The molecule has 0 aliphatic rings. The first-order valence-corrected chi connectivity index (χ1v) is 7.08. The van der Waals surface area contributed by atoms with Gasteiger partial charge in [-0.3, -0.25) is 4.98 Å². The van der Waals surface area contributed by atoms with Gasteiger partial charge >= 0.3 is 0 Å². The summed E-state index contributed by atoms with van der Waals surface area (Å²) in [6, 6.07) is 18.8. The Morgan fingerprint density at radius 1 is 0.952 bits per heavy atom. The van der Waals surface area contributed by atoms with Crippen LogP contribution in [-0.4, -0.2) is 19.1 Å². The molecule has 0 aliphatic carbocycles. The molecule has 3 heteroatoms. The van der Waals surface area contributed by atoms with E-state index in [1.807, 2.05) is 32.4 Å². The SMILES string of the molecule is CN(C)c1ccc(NCc2ccnc3ccccc23)cc1. The zero-order valence-electron chi connectivity index (χ0n) is 12.4. The lowest BCUT2D eigenvalue weighted by atomic mass is 10.1. The first-order chi connectivity index (χ1) is 10.2. The van der Waals surface area contributed by atoms with E-state index >= 15 is 0 Å². The van der Waals surface area contributed by atoms with Crippen molar-refractivity contribution in [2.45, 2.75) is 6.54 Å². The standard InChI is InChI=1S/C18H19N3/c1-21(2)16-9-7-15(8-10-16)20-13-14-11-12-19-18-6-4-3-5-17(14)18/h3-12,20H,13H2,1-2H3. The average molecular weight is 277 g/mol. The maximum Gasteiger partial charge on any atom is 0.0705 e. The van der Waals surface area contributed by atoms with E-state index in [0.717, 1.165) is 17.7 Å². The van der Waals surface area contributed by atoms with Crippen LogP contribution < -0.4 is 10.2 Å². The highest BCUT2D eigenvalue weighted by Crippen LogP contribution is 2.19. The van der Waals surface area contributed by atoms with Gasteiger partial charge in [-0.15, -0.1) is 0 Å². The molecule has 3 nitrogen and oxygen atoms in total. The summed E-state index contributed by atoms with van der Waals surface area (Å²) < 4.78 is 0. The molecule has 0 spiro atoms. The third-order valence-electron chi connectivity index (χ3n) is 3.61. The van der Waals surface area contributed by atoms with E-state index in [4.69, 9.17) is 0 Å². The van der Waals surface area contributed by atoms with Crippen LogP contribution in [0.1, 0.15) is 5.56 Å². The normalized spacial score (nSPS) is 10.6. The molecule has 0 radical (unpaired) electrons. The number of anilines is 2. The van der Waals surface area contributed by atoms with Crippen molar-refractivity contribution >= 4 is 22.3 Å². The lowest BCUT2D eigenvalue weighted by Crippen LogP contribution is -2.08. The van der Waals surface area contributed by atoms with Crippen LogP contribution >= 0.6 is 0 Å². The first kappa shape index (κ1) is 13.4. The predicted octanol–water partition coefficient (Wildman–Crippen LogP) is 3.91. The van der Waals surface area contributed by atoms with Crippen LogP contribution in [0.3, 0.4) is 0 Å². The molecular formula is C18H19N3. The number of hydrogen-bond donors (Lipinski definition) is 1. The molecular weight excluding hydrogens is 258 g/mol. The Kier molecular flexibility index (Phi) is 3.73. The molecule has 106 valence electrons. The summed E-state index contributed by atoms with van der Waals surface area (Å²) in [5.41, 5.74) is 4.63. The Balaban J connectivity index is 1.77. The van der Waals surface area contributed by atoms with Gasteiger partial charge in [0.25, 0.3) is 0 Å². The molecule has 0 saturated carbocycles. The van der Waals surface area contributed by atoms with Gasteiger partial charge in [0, 0.05) is 43.6 Å². The van der Waals surface area contributed by atoms with E-state index in [9.17, 15) is 0 Å². The number of aromatic nitrogens is 1. The van der Waals surface area contributed by atoms with Crippen molar-refractivity contribution in [2.75, 3.05) is 24.3 Å². The summed E-state index contributed by atoms with van der Waals surface area (Å²) in [4.78, 5) is 6.49. The highest BCUT2D eigenvalue weighted by molar-refractivity contribution is 5.82. The smallest absolute Gasteiger partial charge is 0.0705 e. The quantitative estimate of drug-likeness (QED) is 0.783. The van der Waals surface area contributed by atoms with Gasteiger partial charge in [-0.2, -0.15) is 0 Å². The van der Waals surface area contributed by atoms with Crippen LogP contribution in [0.5, 0.6) is 0 Å². The molecule has 3 aromatic rings. The second kappa shape index (κ2) is 5.83. The zero-order valence-corrected chi connectivity index (χ0v) is 12.4. The predicted molar refractivity (Wildman–Crippen MR) is 89.8 cm³/mol. The van der Waals surface area contributed by atoms with Gasteiger partial charge in [-0.1, -0.05) is 18.2 Å². The number of hydrogen-bond acceptors (Lipinski definition) is 3. The van der Waals surface area contributed by atoms with Gasteiger partial charge in [0.15, 0.2) is 0 Å². The van der Waals surface area contributed by atoms with Crippen LogP contribution in [0.15, 0.2) is 60.8 Å². The lowest BCUT2D eigenvalue weighted by molar-refractivity contribution is 1.12. The number of para-hydroxylation sites is 1. The second-order valence-electron chi connectivity index (χ2n) is 5.28. The van der Waals surface area contributed by atoms with Crippen molar-refractivity contribution in [1.82, 2.24) is 4.98 Å². The van der Waals surface area contributed by atoms with Gasteiger partial charge < -0.3 is 10.2 Å². The van der Waals surface area contributed by atoms with Gasteiger partial charge in [0.1, 0.15) is 0 Å². The van der Waals surface area contributed by atoms with Crippen LogP contribution in [0, 0.1) is 0 Å². The summed E-state index contributed by atoms with van der Waals surface area (Å²) in [6.45, 7) is 0.796. The van der Waals surface area contributed by atoms with E-state index < -0.39 is 0 Å². The maximum atomic E-state index is 4.39. The molecule has 0 atom stereocenters.